The Hall–Kier alpha value is -2.50. The minimum atomic E-state index is -3.67. The van der Waals surface area contributed by atoms with E-state index in [-0.39, 0.29) is 35.4 Å². The summed E-state index contributed by atoms with van der Waals surface area (Å²) in [7, 11) is -3.67. The number of nitrogens with zero attached hydrogens (tertiary/aromatic N) is 4. The summed E-state index contributed by atoms with van der Waals surface area (Å²) in [6.45, 7) is 4.26. The molecule has 0 spiro atoms. The van der Waals surface area contributed by atoms with Crippen LogP contribution in [0.1, 0.15) is 23.0 Å². The van der Waals surface area contributed by atoms with Crippen LogP contribution in [-0.4, -0.2) is 71.2 Å². The maximum absolute atomic E-state index is 12.8. The summed E-state index contributed by atoms with van der Waals surface area (Å²) in [5.41, 5.74) is 6.89. The minimum Gasteiger partial charge on any atom is -0.384 e. The molecule has 160 valence electrons. The lowest BCUT2D eigenvalue weighted by molar-refractivity contribution is -0.129. The second kappa shape index (κ2) is 9.11. The number of ketones is 1. The number of anilines is 1. The van der Waals surface area contributed by atoms with Crippen molar-refractivity contribution >= 4 is 39.3 Å². The monoisotopic (exact) mass is 449 g/mol. The first-order valence-corrected chi connectivity index (χ1v) is 11.7. The van der Waals surface area contributed by atoms with Crippen molar-refractivity contribution in [1.29, 1.82) is 0 Å². The second-order valence-electron chi connectivity index (χ2n) is 6.87. The molecule has 1 aliphatic heterocycles. The Morgan fingerprint density at radius 1 is 1.10 bits per heavy atom. The van der Waals surface area contributed by atoms with Gasteiger partial charge in [-0.1, -0.05) is 23.9 Å². The average Bonchev–Trinajstić information content (AvgIpc) is 2.71. The van der Waals surface area contributed by atoms with Gasteiger partial charge in [-0.2, -0.15) is 4.31 Å². The summed E-state index contributed by atoms with van der Waals surface area (Å²) in [6, 6.07) is 7.54. The van der Waals surface area contributed by atoms with Gasteiger partial charge in [-0.25, -0.2) is 18.4 Å². The van der Waals surface area contributed by atoms with Crippen LogP contribution in [0, 0.1) is 6.92 Å². The molecule has 2 heterocycles. The SMILES string of the molecule is CC(=O)c1ccc(S(=O)(=O)N2CCN(C(=O)CSc3nc(C)cc(N)n3)CC2)cc1. The van der Waals surface area contributed by atoms with Crippen LogP contribution in [0.4, 0.5) is 5.82 Å². The Morgan fingerprint density at radius 2 is 1.73 bits per heavy atom. The number of thioether (sulfide) groups is 1. The van der Waals surface area contributed by atoms with Crippen LogP contribution < -0.4 is 5.73 Å². The van der Waals surface area contributed by atoms with Gasteiger partial charge in [0.25, 0.3) is 0 Å². The summed E-state index contributed by atoms with van der Waals surface area (Å²) < 4.78 is 27.0. The zero-order valence-corrected chi connectivity index (χ0v) is 18.4. The van der Waals surface area contributed by atoms with Crippen molar-refractivity contribution in [3.8, 4) is 0 Å². The highest BCUT2D eigenvalue weighted by molar-refractivity contribution is 7.99. The number of hydrogen-bond donors (Lipinski definition) is 1. The highest BCUT2D eigenvalue weighted by Gasteiger charge is 2.30. The van der Waals surface area contributed by atoms with Crippen LogP contribution in [0.25, 0.3) is 0 Å². The van der Waals surface area contributed by atoms with E-state index < -0.39 is 10.0 Å². The molecule has 1 amide bonds. The normalized spacial score (nSPS) is 15.2. The molecule has 2 N–H and O–H groups in total. The number of Topliss-reactive ketones (excluding diaryl/α,β-unsaturated/α-hetero) is 1. The van der Waals surface area contributed by atoms with Gasteiger partial charge in [0.15, 0.2) is 10.9 Å². The first-order valence-electron chi connectivity index (χ1n) is 9.29. The third-order valence-electron chi connectivity index (χ3n) is 4.67. The molecule has 0 atom stereocenters. The Morgan fingerprint density at radius 3 is 2.30 bits per heavy atom. The third kappa shape index (κ3) is 5.15. The number of carbonyl (C=O) groups is 2. The van der Waals surface area contributed by atoms with Crippen molar-refractivity contribution in [2.24, 2.45) is 0 Å². The number of aromatic nitrogens is 2. The number of benzene rings is 1. The van der Waals surface area contributed by atoms with Crippen LogP contribution in [0.3, 0.4) is 0 Å². The third-order valence-corrected chi connectivity index (χ3v) is 7.41. The molecule has 11 heteroatoms. The molecule has 1 aromatic carbocycles. The van der Waals surface area contributed by atoms with Crippen LogP contribution in [0.5, 0.6) is 0 Å². The van der Waals surface area contributed by atoms with Gasteiger partial charge in [0.2, 0.25) is 15.9 Å². The average molecular weight is 450 g/mol. The fraction of sp³-hybridized carbons (Fsp3) is 0.368. The van der Waals surface area contributed by atoms with Gasteiger partial charge in [0.05, 0.1) is 10.6 Å². The highest BCUT2D eigenvalue weighted by atomic mass is 32.2. The molecule has 2 aromatic rings. The number of nitrogen functional groups attached to an aromatic ring is 1. The topological polar surface area (TPSA) is 127 Å². The molecule has 0 bridgehead atoms. The first-order chi connectivity index (χ1) is 14.2. The fourth-order valence-corrected chi connectivity index (χ4v) is 5.27. The Labute approximate surface area is 179 Å². The number of aryl methyl sites for hydroxylation is 1. The van der Waals surface area contributed by atoms with E-state index in [4.69, 9.17) is 5.73 Å². The lowest BCUT2D eigenvalue weighted by Gasteiger charge is -2.34. The van der Waals surface area contributed by atoms with E-state index in [2.05, 4.69) is 9.97 Å². The molecule has 0 aliphatic carbocycles. The Bertz CT molecular complexity index is 1030. The van der Waals surface area contributed by atoms with Gasteiger partial charge < -0.3 is 10.6 Å². The number of hydrogen-bond acceptors (Lipinski definition) is 8. The van der Waals surface area contributed by atoms with E-state index in [1.165, 1.54) is 47.3 Å². The molecule has 30 heavy (non-hydrogen) atoms. The lowest BCUT2D eigenvalue weighted by Crippen LogP contribution is -2.50. The molecule has 1 aliphatic rings. The summed E-state index contributed by atoms with van der Waals surface area (Å²) in [6.07, 6.45) is 0. The van der Waals surface area contributed by atoms with E-state index >= 15 is 0 Å². The van der Waals surface area contributed by atoms with Gasteiger partial charge in [-0.3, -0.25) is 9.59 Å². The predicted octanol–water partition coefficient (Wildman–Crippen LogP) is 1.20. The van der Waals surface area contributed by atoms with E-state index in [1.54, 1.807) is 17.9 Å². The molecular weight excluding hydrogens is 426 g/mol. The van der Waals surface area contributed by atoms with E-state index in [9.17, 15) is 18.0 Å². The maximum atomic E-state index is 12.8. The first kappa shape index (κ1) is 22.2. The molecule has 0 unspecified atom stereocenters. The quantitative estimate of drug-likeness (QED) is 0.396. The Kier molecular flexibility index (Phi) is 6.74. The number of sulfonamides is 1. The molecule has 1 fully saturated rings. The molecule has 0 radical (unpaired) electrons. The van der Waals surface area contributed by atoms with Crippen LogP contribution >= 0.6 is 11.8 Å². The smallest absolute Gasteiger partial charge is 0.243 e. The summed E-state index contributed by atoms with van der Waals surface area (Å²) in [5, 5.41) is 0.441. The molecule has 9 nitrogen and oxygen atoms in total. The molecule has 1 saturated heterocycles. The van der Waals surface area contributed by atoms with E-state index in [1.807, 2.05) is 0 Å². The molecule has 0 saturated carbocycles. The van der Waals surface area contributed by atoms with Crippen LogP contribution in [0.2, 0.25) is 0 Å². The molecule has 1 aromatic heterocycles. The van der Waals surface area contributed by atoms with Crippen molar-refractivity contribution in [2.45, 2.75) is 23.9 Å². The highest BCUT2D eigenvalue weighted by Crippen LogP contribution is 2.20. The molecular formula is C19H23N5O4S2. The maximum Gasteiger partial charge on any atom is 0.243 e. The number of carbonyl (C=O) groups excluding carboxylic acids is 2. The van der Waals surface area contributed by atoms with Gasteiger partial charge >= 0.3 is 0 Å². The van der Waals surface area contributed by atoms with Crippen molar-refractivity contribution in [1.82, 2.24) is 19.2 Å². The van der Waals surface area contributed by atoms with Crippen molar-refractivity contribution in [2.75, 3.05) is 37.7 Å². The standard InChI is InChI=1S/C19H23N5O4S2/c1-13-11-17(20)22-19(21-13)29-12-18(26)23-7-9-24(10-8-23)30(27,28)16-5-3-15(4-6-16)14(2)25/h3-6,11H,7-10,12H2,1-2H3,(H2,20,21,22). The van der Waals surface area contributed by atoms with Crippen molar-refractivity contribution < 1.29 is 18.0 Å². The van der Waals surface area contributed by atoms with Crippen LogP contribution in [-0.2, 0) is 14.8 Å². The summed E-state index contributed by atoms with van der Waals surface area (Å²) in [4.78, 5) is 34.0. The fourth-order valence-electron chi connectivity index (χ4n) is 3.04. The number of piperazine rings is 1. The Balaban J connectivity index is 1.56. The van der Waals surface area contributed by atoms with Gasteiger partial charge in [0.1, 0.15) is 5.82 Å². The molecule has 3 rings (SSSR count). The number of rotatable bonds is 6. The second-order valence-corrected chi connectivity index (χ2v) is 9.75. The van der Waals surface area contributed by atoms with Gasteiger partial charge in [0, 0.05) is 43.5 Å². The lowest BCUT2D eigenvalue weighted by atomic mass is 10.2. The zero-order valence-electron chi connectivity index (χ0n) is 16.7. The van der Waals surface area contributed by atoms with Crippen molar-refractivity contribution in [3.05, 3.63) is 41.6 Å². The van der Waals surface area contributed by atoms with Crippen LogP contribution in [0.15, 0.2) is 40.4 Å². The van der Waals surface area contributed by atoms with Crippen molar-refractivity contribution in [3.63, 3.8) is 0 Å². The van der Waals surface area contributed by atoms with Gasteiger partial charge in [-0.05, 0) is 26.0 Å². The minimum absolute atomic E-state index is 0.105. The summed E-state index contributed by atoms with van der Waals surface area (Å²) >= 11 is 1.20. The van der Waals surface area contributed by atoms with E-state index in [0.717, 1.165) is 5.69 Å². The largest absolute Gasteiger partial charge is 0.384 e. The van der Waals surface area contributed by atoms with E-state index in [0.29, 0.717) is 29.6 Å². The number of amides is 1. The summed E-state index contributed by atoms with van der Waals surface area (Å²) in [5.74, 6) is 0.282. The zero-order chi connectivity index (χ0) is 21.9. The van der Waals surface area contributed by atoms with Gasteiger partial charge in [-0.15, -0.1) is 0 Å². The number of nitrogens with two attached hydrogens (primary N) is 1. The predicted molar refractivity (Wildman–Crippen MR) is 114 cm³/mol.